The molecule has 1 nitrogen and oxygen atoms in total. The third-order valence-corrected chi connectivity index (χ3v) is 2.04. The molecule has 0 aromatic rings. The molecular weight excluding hydrogens is 244 g/mol. The van der Waals surface area contributed by atoms with Crippen molar-refractivity contribution < 1.29 is 17.7 Å². The minimum absolute atomic E-state index is 0.796. The molecule has 6 heteroatoms. The van der Waals surface area contributed by atoms with Gasteiger partial charge in [0.15, 0.2) is 0 Å². The van der Waals surface area contributed by atoms with E-state index in [1.165, 1.54) is 0 Å². The highest BCUT2D eigenvalue weighted by atomic mass is 127. The lowest BCUT2D eigenvalue weighted by atomic mass is 11.6. The molecule has 0 saturated heterocycles. The summed E-state index contributed by atoms with van der Waals surface area (Å²) in [4.78, 5) is 0. The van der Waals surface area contributed by atoms with Crippen molar-refractivity contribution in [1.82, 2.24) is 0 Å². The average Bonchev–Trinajstić information content (AvgIpc) is 1.31. The summed E-state index contributed by atoms with van der Waals surface area (Å²) in [7, 11) is -2.71. The Morgan fingerprint density at radius 3 is 1.57 bits per heavy atom. The van der Waals surface area contributed by atoms with Gasteiger partial charge in [0.05, 0.1) is 0 Å². The minimum Gasteiger partial charge on any atom is -0.601 e. The molecule has 1 atom stereocenters. The number of halogens is 4. The molecule has 0 amide bonds. The van der Waals surface area contributed by atoms with Gasteiger partial charge in [-0.05, 0) is 0 Å². The Hall–Kier alpha value is 0.830. The summed E-state index contributed by atoms with van der Waals surface area (Å²) < 4.78 is 42.0. The molecule has 0 spiro atoms. The number of hydrogen-bond acceptors (Lipinski definition) is 1. The molecular formula is CF3IOS. The van der Waals surface area contributed by atoms with E-state index >= 15 is 0 Å². The van der Waals surface area contributed by atoms with Gasteiger partial charge in [-0.2, -0.15) is 0 Å². The van der Waals surface area contributed by atoms with Crippen molar-refractivity contribution in [2.24, 2.45) is 0 Å². The monoisotopic (exact) mass is 244 g/mol. The lowest BCUT2D eigenvalue weighted by molar-refractivity contribution is -0.0404. The second-order valence-corrected chi connectivity index (χ2v) is 3.98. The van der Waals surface area contributed by atoms with Crippen LogP contribution < -0.4 is 0 Å². The molecule has 0 heterocycles. The Kier molecular flexibility index (Phi) is 2.69. The number of alkyl halides is 3. The zero-order valence-corrected chi connectivity index (χ0v) is 5.80. The summed E-state index contributed by atoms with van der Waals surface area (Å²) in [5.41, 5.74) is -4.54. The first kappa shape index (κ1) is 7.83. The van der Waals surface area contributed by atoms with E-state index < -0.39 is 13.9 Å². The zero-order chi connectivity index (χ0) is 6.08. The summed E-state index contributed by atoms with van der Waals surface area (Å²) in [6, 6.07) is 0. The van der Waals surface area contributed by atoms with Gasteiger partial charge in [-0.15, -0.1) is 13.2 Å². The van der Waals surface area contributed by atoms with Crippen molar-refractivity contribution in [2.75, 3.05) is 0 Å². The maximum Gasteiger partial charge on any atom is 0.581 e. The predicted molar refractivity (Wildman–Crippen MR) is 28.2 cm³/mol. The summed E-state index contributed by atoms with van der Waals surface area (Å²) >= 11 is 0.796. The van der Waals surface area contributed by atoms with Gasteiger partial charge < -0.3 is 4.55 Å². The Bertz CT molecular complexity index is 60.4. The molecule has 0 aromatic heterocycles. The standard InChI is InChI=1S/CF3IOS/c2-1(3,4)7(5)6. The third-order valence-electron chi connectivity index (χ3n) is 0.182. The van der Waals surface area contributed by atoms with Crippen molar-refractivity contribution in [1.29, 1.82) is 0 Å². The van der Waals surface area contributed by atoms with E-state index in [9.17, 15) is 17.7 Å². The van der Waals surface area contributed by atoms with Crippen LogP contribution in [0.3, 0.4) is 0 Å². The highest BCUT2D eigenvalue weighted by Gasteiger charge is 2.43. The van der Waals surface area contributed by atoms with Gasteiger partial charge in [0, 0.05) is 0 Å². The second kappa shape index (κ2) is 2.40. The van der Waals surface area contributed by atoms with E-state index in [4.69, 9.17) is 0 Å². The SMILES string of the molecule is [O-][S+](I)C(F)(F)F. The predicted octanol–water partition coefficient (Wildman–Crippen LogP) is 1.60. The molecule has 44 valence electrons. The van der Waals surface area contributed by atoms with Crippen LogP contribution in [0.5, 0.6) is 0 Å². The first-order chi connectivity index (χ1) is 2.94. The van der Waals surface area contributed by atoms with E-state index in [2.05, 4.69) is 0 Å². The van der Waals surface area contributed by atoms with E-state index in [-0.39, 0.29) is 0 Å². The van der Waals surface area contributed by atoms with E-state index in [1.807, 2.05) is 0 Å². The van der Waals surface area contributed by atoms with Crippen LogP contribution in [0.25, 0.3) is 0 Å². The molecule has 1 unspecified atom stereocenters. The minimum atomic E-state index is -4.54. The molecule has 0 aliphatic rings. The molecule has 0 fully saturated rings. The van der Waals surface area contributed by atoms with Crippen LogP contribution in [0.2, 0.25) is 0 Å². The van der Waals surface area contributed by atoms with E-state index in [0.29, 0.717) is 0 Å². The van der Waals surface area contributed by atoms with Crippen LogP contribution in [-0.2, 0) is 8.35 Å². The van der Waals surface area contributed by atoms with Crippen LogP contribution >= 0.6 is 21.2 Å². The summed E-state index contributed by atoms with van der Waals surface area (Å²) in [6.45, 7) is 0. The average molecular weight is 244 g/mol. The van der Waals surface area contributed by atoms with Crippen molar-refractivity contribution >= 4 is 29.6 Å². The van der Waals surface area contributed by atoms with Gasteiger partial charge in [0.2, 0.25) is 0 Å². The Morgan fingerprint density at radius 1 is 1.43 bits per heavy atom. The molecule has 0 rings (SSSR count). The van der Waals surface area contributed by atoms with Crippen LogP contribution in [0, 0.1) is 0 Å². The second-order valence-electron chi connectivity index (χ2n) is 0.669. The van der Waals surface area contributed by atoms with E-state index in [1.54, 1.807) is 0 Å². The van der Waals surface area contributed by atoms with E-state index in [0.717, 1.165) is 21.2 Å². The molecule has 0 bridgehead atoms. The first-order valence-electron chi connectivity index (χ1n) is 1.09. The lowest BCUT2D eigenvalue weighted by Gasteiger charge is -2.01. The van der Waals surface area contributed by atoms with Crippen LogP contribution in [-0.4, -0.2) is 10.1 Å². The van der Waals surface area contributed by atoms with Crippen LogP contribution in [0.15, 0.2) is 0 Å². The normalized spacial score (nSPS) is 16.7. The van der Waals surface area contributed by atoms with Crippen molar-refractivity contribution in [3.8, 4) is 0 Å². The van der Waals surface area contributed by atoms with Crippen molar-refractivity contribution in [3.05, 3.63) is 0 Å². The van der Waals surface area contributed by atoms with Gasteiger partial charge >= 0.3 is 5.51 Å². The molecule has 0 saturated carbocycles. The van der Waals surface area contributed by atoms with Gasteiger partial charge in [-0.1, -0.05) is 0 Å². The fourth-order valence-corrected chi connectivity index (χ4v) is 0. The largest absolute Gasteiger partial charge is 0.601 e. The lowest BCUT2D eigenvalue weighted by Crippen LogP contribution is -2.15. The number of rotatable bonds is 0. The van der Waals surface area contributed by atoms with Crippen molar-refractivity contribution in [2.45, 2.75) is 5.51 Å². The van der Waals surface area contributed by atoms with Crippen LogP contribution in [0.1, 0.15) is 0 Å². The van der Waals surface area contributed by atoms with Gasteiger partial charge in [-0.3, -0.25) is 0 Å². The fourth-order valence-electron chi connectivity index (χ4n) is 0. The Labute approximate surface area is 53.0 Å². The fraction of sp³-hybridized carbons (Fsp3) is 1.00. The van der Waals surface area contributed by atoms with Crippen LogP contribution in [0.4, 0.5) is 13.2 Å². The Balaban J connectivity index is 3.54. The highest BCUT2D eigenvalue weighted by molar-refractivity contribution is 14.2. The highest BCUT2D eigenvalue weighted by Crippen LogP contribution is 2.27. The molecule has 0 aliphatic carbocycles. The maximum absolute atomic E-state index is 10.9. The molecule has 0 aliphatic heterocycles. The van der Waals surface area contributed by atoms with Gasteiger partial charge in [-0.25, -0.2) is 0 Å². The van der Waals surface area contributed by atoms with Gasteiger partial charge in [0.1, 0.15) is 8.35 Å². The smallest absolute Gasteiger partial charge is 0.581 e. The molecule has 0 aromatic carbocycles. The van der Waals surface area contributed by atoms with Crippen molar-refractivity contribution in [3.63, 3.8) is 0 Å². The zero-order valence-electron chi connectivity index (χ0n) is 2.83. The molecule has 0 radical (unpaired) electrons. The summed E-state index contributed by atoms with van der Waals surface area (Å²) in [6.07, 6.45) is 0. The first-order valence-corrected chi connectivity index (χ1v) is 4.78. The molecule has 0 N–H and O–H groups in total. The summed E-state index contributed by atoms with van der Waals surface area (Å²) in [5.74, 6) is 0. The Morgan fingerprint density at radius 2 is 1.57 bits per heavy atom. The molecule has 7 heavy (non-hydrogen) atoms. The third kappa shape index (κ3) is 3.42. The van der Waals surface area contributed by atoms with Gasteiger partial charge in [0.25, 0.3) is 21.2 Å². The maximum atomic E-state index is 10.9. The quantitative estimate of drug-likeness (QED) is 0.468. The topological polar surface area (TPSA) is 23.1 Å². The number of hydrogen-bond donors (Lipinski definition) is 0. The summed E-state index contributed by atoms with van der Waals surface area (Å²) in [5, 5.41) is 0.